The van der Waals surface area contributed by atoms with Crippen molar-refractivity contribution in [3.8, 4) is 0 Å². The van der Waals surface area contributed by atoms with E-state index in [-0.39, 0.29) is 17.6 Å². The molecule has 0 saturated heterocycles. The van der Waals surface area contributed by atoms with E-state index >= 15 is 0 Å². The SMILES string of the molecule is Fc1ccc2nccc(C3CCC(C(c4nc5cc(Cl)ccc5[nH]4)C(F)(F)F)CC3)c2c1. The van der Waals surface area contributed by atoms with Gasteiger partial charge in [-0.05, 0) is 85.5 Å². The Morgan fingerprint density at radius 2 is 1.75 bits per heavy atom. The minimum Gasteiger partial charge on any atom is -0.341 e. The van der Waals surface area contributed by atoms with Gasteiger partial charge in [0.2, 0.25) is 0 Å². The van der Waals surface area contributed by atoms with Crippen LogP contribution in [-0.2, 0) is 0 Å². The van der Waals surface area contributed by atoms with E-state index in [0.29, 0.717) is 47.3 Å². The zero-order chi connectivity index (χ0) is 22.5. The maximum atomic E-state index is 14.1. The zero-order valence-electron chi connectivity index (χ0n) is 17.0. The molecule has 1 N–H and O–H groups in total. The fourth-order valence-electron chi connectivity index (χ4n) is 5.05. The topological polar surface area (TPSA) is 41.6 Å². The smallest absolute Gasteiger partial charge is 0.341 e. The summed E-state index contributed by atoms with van der Waals surface area (Å²) < 4.78 is 56.2. The molecule has 8 heteroatoms. The van der Waals surface area contributed by atoms with Gasteiger partial charge in [-0.25, -0.2) is 9.37 Å². The van der Waals surface area contributed by atoms with Gasteiger partial charge in [0.05, 0.1) is 16.6 Å². The second-order valence-electron chi connectivity index (χ2n) is 8.48. The first-order chi connectivity index (χ1) is 15.3. The summed E-state index contributed by atoms with van der Waals surface area (Å²) in [6.45, 7) is 0. The van der Waals surface area contributed by atoms with Gasteiger partial charge in [0, 0.05) is 16.6 Å². The molecule has 2 aromatic carbocycles. The maximum Gasteiger partial charge on any atom is 0.399 e. The van der Waals surface area contributed by atoms with E-state index in [1.165, 1.54) is 12.1 Å². The van der Waals surface area contributed by atoms with Crippen LogP contribution in [-0.4, -0.2) is 21.1 Å². The van der Waals surface area contributed by atoms with Crippen molar-refractivity contribution in [1.29, 1.82) is 0 Å². The molecule has 32 heavy (non-hydrogen) atoms. The van der Waals surface area contributed by atoms with Gasteiger partial charge >= 0.3 is 6.18 Å². The lowest BCUT2D eigenvalue weighted by molar-refractivity contribution is -0.166. The largest absolute Gasteiger partial charge is 0.399 e. The monoisotopic (exact) mass is 461 g/mol. The molecule has 166 valence electrons. The van der Waals surface area contributed by atoms with Gasteiger partial charge in [-0.15, -0.1) is 0 Å². The van der Waals surface area contributed by atoms with Crippen LogP contribution in [0, 0.1) is 11.7 Å². The number of nitrogens with one attached hydrogen (secondary N) is 1. The Bertz CT molecular complexity index is 1280. The Labute approximate surface area is 186 Å². The van der Waals surface area contributed by atoms with Gasteiger partial charge in [-0.1, -0.05) is 11.6 Å². The fourth-order valence-corrected chi connectivity index (χ4v) is 5.22. The van der Waals surface area contributed by atoms with Crippen molar-refractivity contribution in [2.45, 2.75) is 43.7 Å². The number of halogens is 5. The molecule has 1 aliphatic carbocycles. The number of pyridine rings is 1. The fraction of sp³-hybridized carbons (Fsp3) is 0.333. The van der Waals surface area contributed by atoms with Crippen LogP contribution in [0.1, 0.15) is 48.9 Å². The number of alkyl halides is 3. The van der Waals surface area contributed by atoms with E-state index in [0.717, 1.165) is 10.9 Å². The summed E-state index contributed by atoms with van der Waals surface area (Å²) >= 11 is 5.97. The molecule has 0 aliphatic heterocycles. The molecule has 1 fully saturated rings. The second-order valence-corrected chi connectivity index (χ2v) is 8.91. The minimum atomic E-state index is -4.42. The van der Waals surface area contributed by atoms with Gasteiger partial charge in [-0.2, -0.15) is 13.2 Å². The molecule has 1 aliphatic rings. The lowest BCUT2D eigenvalue weighted by atomic mass is 9.73. The lowest BCUT2D eigenvalue weighted by Crippen LogP contribution is -2.31. The van der Waals surface area contributed by atoms with Crippen LogP contribution in [0.3, 0.4) is 0 Å². The van der Waals surface area contributed by atoms with E-state index in [1.807, 2.05) is 6.07 Å². The molecule has 0 spiro atoms. The molecule has 3 nitrogen and oxygen atoms in total. The molecule has 1 saturated carbocycles. The van der Waals surface area contributed by atoms with Crippen LogP contribution in [0.2, 0.25) is 5.02 Å². The van der Waals surface area contributed by atoms with Crippen molar-refractivity contribution in [3.05, 3.63) is 70.9 Å². The molecule has 0 radical (unpaired) electrons. The highest BCUT2D eigenvalue weighted by Gasteiger charge is 2.48. The highest BCUT2D eigenvalue weighted by molar-refractivity contribution is 6.31. The predicted molar refractivity (Wildman–Crippen MR) is 116 cm³/mol. The van der Waals surface area contributed by atoms with Crippen LogP contribution in [0.25, 0.3) is 21.9 Å². The molecule has 0 bridgehead atoms. The number of aromatic amines is 1. The number of imidazole rings is 1. The van der Waals surface area contributed by atoms with Gasteiger partial charge < -0.3 is 4.98 Å². The number of fused-ring (bicyclic) bond motifs is 2. The molecule has 5 rings (SSSR count). The molecule has 0 amide bonds. The summed E-state index contributed by atoms with van der Waals surface area (Å²) in [5.74, 6) is -2.58. The standard InChI is InChI=1S/C24H20ClF4N3/c25-15-5-7-20-21(11-15)32-23(31-20)22(24(27,28)29)14-3-1-13(2-4-14)17-9-10-30-19-8-6-16(26)12-18(17)19/h5-14,22H,1-4H2,(H,31,32). The Morgan fingerprint density at radius 1 is 0.969 bits per heavy atom. The predicted octanol–water partition coefficient (Wildman–Crippen LogP) is 7.52. The van der Waals surface area contributed by atoms with Crippen LogP contribution in [0.5, 0.6) is 0 Å². The maximum absolute atomic E-state index is 14.1. The molecular weight excluding hydrogens is 442 g/mol. The van der Waals surface area contributed by atoms with Crippen molar-refractivity contribution in [1.82, 2.24) is 15.0 Å². The van der Waals surface area contributed by atoms with Crippen molar-refractivity contribution < 1.29 is 17.6 Å². The molecule has 1 atom stereocenters. The van der Waals surface area contributed by atoms with Gasteiger partial charge in [0.1, 0.15) is 17.6 Å². The normalized spacial score (nSPS) is 20.7. The molecular formula is C24H20ClF4N3. The van der Waals surface area contributed by atoms with Crippen molar-refractivity contribution in [2.75, 3.05) is 0 Å². The van der Waals surface area contributed by atoms with Crippen molar-refractivity contribution in [3.63, 3.8) is 0 Å². The number of aromatic nitrogens is 3. The molecule has 2 aromatic heterocycles. The molecule has 1 unspecified atom stereocenters. The zero-order valence-corrected chi connectivity index (χ0v) is 17.7. The Kier molecular flexibility index (Phi) is 5.32. The summed E-state index contributed by atoms with van der Waals surface area (Å²) in [4.78, 5) is 11.4. The first-order valence-electron chi connectivity index (χ1n) is 10.6. The number of benzene rings is 2. The average Bonchev–Trinajstić information content (AvgIpc) is 3.15. The minimum absolute atomic E-state index is 0.0605. The summed E-state index contributed by atoms with van der Waals surface area (Å²) in [5, 5.41) is 1.16. The quantitative estimate of drug-likeness (QED) is 0.320. The highest BCUT2D eigenvalue weighted by Crippen LogP contribution is 2.48. The Balaban J connectivity index is 1.41. The number of hydrogen-bond donors (Lipinski definition) is 1. The third-order valence-electron chi connectivity index (χ3n) is 6.53. The number of H-pyrrole nitrogens is 1. The highest BCUT2D eigenvalue weighted by atomic mass is 35.5. The summed E-state index contributed by atoms with van der Waals surface area (Å²) in [6.07, 6.45) is -0.725. The van der Waals surface area contributed by atoms with E-state index in [9.17, 15) is 17.6 Å². The number of rotatable bonds is 3. The van der Waals surface area contributed by atoms with Crippen LogP contribution < -0.4 is 0 Å². The van der Waals surface area contributed by atoms with E-state index < -0.39 is 18.0 Å². The second kappa shape index (κ2) is 8.03. The number of hydrogen-bond acceptors (Lipinski definition) is 2. The van der Waals surface area contributed by atoms with Crippen LogP contribution in [0.4, 0.5) is 17.6 Å². The Morgan fingerprint density at radius 3 is 2.50 bits per heavy atom. The summed E-state index contributed by atoms with van der Waals surface area (Å²) in [5.41, 5.74) is 2.62. The first kappa shape index (κ1) is 21.2. The van der Waals surface area contributed by atoms with Crippen LogP contribution in [0.15, 0.2) is 48.7 Å². The van der Waals surface area contributed by atoms with Gasteiger partial charge in [0.25, 0.3) is 0 Å². The third kappa shape index (κ3) is 3.94. The summed E-state index contributed by atoms with van der Waals surface area (Å²) in [6, 6.07) is 11.2. The van der Waals surface area contributed by atoms with Gasteiger partial charge in [0.15, 0.2) is 0 Å². The third-order valence-corrected chi connectivity index (χ3v) is 6.77. The van der Waals surface area contributed by atoms with Gasteiger partial charge in [-0.3, -0.25) is 4.98 Å². The van der Waals surface area contributed by atoms with E-state index in [2.05, 4.69) is 15.0 Å². The summed E-state index contributed by atoms with van der Waals surface area (Å²) in [7, 11) is 0. The van der Waals surface area contributed by atoms with E-state index in [4.69, 9.17) is 11.6 Å². The first-order valence-corrected chi connectivity index (χ1v) is 10.9. The van der Waals surface area contributed by atoms with Crippen molar-refractivity contribution >= 4 is 33.5 Å². The molecule has 4 aromatic rings. The van der Waals surface area contributed by atoms with E-state index in [1.54, 1.807) is 30.5 Å². The molecule has 2 heterocycles. The van der Waals surface area contributed by atoms with Crippen LogP contribution >= 0.6 is 11.6 Å². The number of nitrogens with zero attached hydrogens (tertiary/aromatic N) is 2. The average molecular weight is 462 g/mol. The Hall–Kier alpha value is -2.67. The lowest BCUT2D eigenvalue weighted by Gasteiger charge is -2.34. The van der Waals surface area contributed by atoms with Crippen molar-refractivity contribution in [2.24, 2.45) is 5.92 Å².